The van der Waals surface area contributed by atoms with Gasteiger partial charge in [0.25, 0.3) is 5.91 Å². The summed E-state index contributed by atoms with van der Waals surface area (Å²) in [5.41, 5.74) is 2.61. The lowest BCUT2D eigenvalue weighted by Crippen LogP contribution is -2.40. The van der Waals surface area contributed by atoms with Crippen molar-refractivity contribution in [2.24, 2.45) is 0 Å². The molecule has 0 fully saturated rings. The summed E-state index contributed by atoms with van der Waals surface area (Å²) >= 11 is 1.72. The maximum atomic E-state index is 13.6. The number of hydrogen-bond donors (Lipinski definition) is 0. The SMILES string of the molecule is CCN(CC)S(=O)(=O)c1cccc(C(=O)N2CCc3sccc3[C@@H]2c2ccccc2)c1. The number of carbonyl (C=O) groups is 1. The molecular weight excluding hydrogens is 428 g/mol. The van der Waals surface area contributed by atoms with Crippen LogP contribution in [0, 0.1) is 0 Å². The second-order valence-corrected chi connectivity index (χ2v) is 10.4. The van der Waals surface area contributed by atoms with E-state index in [9.17, 15) is 13.2 Å². The predicted octanol–water partition coefficient (Wildman–Crippen LogP) is 4.57. The maximum Gasteiger partial charge on any atom is 0.254 e. The number of rotatable bonds is 6. The number of carbonyl (C=O) groups excluding carboxylic acids is 1. The molecule has 0 radical (unpaired) electrons. The summed E-state index contributed by atoms with van der Waals surface area (Å²) in [6.07, 6.45) is 0.805. The molecule has 0 bridgehead atoms. The molecule has 2 heterocycles. The summed E-state index contributed by atoms with van der Waals surface area (Å²) in [6.45, 7) is 5.00. The summed E-state index contributed by atoms with van der Waals surface area (Å²) in [6, 6.07) is 18.4. The Hall–Kier alpha value is -2.48. The normalized spacial score (nSPS) is 16.4. The average molecular weight is 455 g/mol. The number of thiophene rings is 1. The van der Waals surface area contributed by atoms with Gasteiger partial charge in [0.2, 0.25) is 10.0 Å². The van der Waals surface area contributed by atoms with Gasteiger partial charge >= 0.3 is 0 Å². The third-order valence-corrected chi connectivity index (χ3v) is 8.81. The zero-order valence-electron chi connectivity index (χ0n) is 17.7. The second-order valence-electron chi connectivity index (χ2n) is 7.48. The Balaban J connectivity index is 1.73. The quantitative estimate of drug-likeness (QED) is 0.548. The van der Waals surface area contributed by atoms with E-state index in [1.165, 1.54) is 15.2 Å². The van der Waals surface area contributed by atoms with Gasteiger partial charge in [0, 0.05) is 30.1 Å². The fraction of sp³-hybridized carbons (Fsp3) is 0.292. The highest BCUT2D eigenvalue weighted by atomic mass is 32.2. The molecule has 0 saturated carbocycles. The standard InChI is InChI=1S/C24H26N2O3S2/c1-3-25(4-2)31(28,29)20-12-8-11-19(17-20)24(27)26-15-13-22-21(14-16-30-22)23(26)18-9-6-5-7-10-18/h5-12,14,16-17,23H,3-4,13,15H2,1-2H3/t23-/m0/s1. The van der Waals surface area contributed by atoms with Crippen LogP contribution in [0.15, 0.2) is 70.9 Å². The van der Waals surface area contributed by atoms with Crippen LogP contribution in [-0.2, 0) is 16.4 Å². The summed E-state index contributed by atoms with van der Waals surface area (Å²) in [5, 5.41) is 2.08. The zero-order chi connectivity index (χ0) is 22.0. The molecule has 0 aliphatic carbocycles. The third kappa shape index (κ3) is 4.05. The van der Waals surface area contributed by atoms with Crippen molar-refractivity contribution in [3.63, 3.8) is 0 Å². The van der Waals surface area contributed by atoms with Crippen LogP contribution >= 0.6 is 11.3 Å². The molecule has 1 aliphatic rings. The lowest BCUT2D eigenvalue weighted by Gasteiger charge is -2.36. The van der Waals surface area contributed by atoms with Crippen molar-refractivity contribution in [1.29, 1.82) is 0 Å². The zero-order valence-corrected chi connectivity index (χ0v) is 19.3. The van der Waals surface area contributed by atoms with Gasteiger partial charge in [-0.1, -0.05) is 50.2 Å². The molecular formula is C24H26N2O3S2. The van der Waals surface area contributed by atoms with Gasteiger partial charge < -0.3 is 4.90 Å². The molecule has 5 nitrogen and oxygen atoms in total. The van der Waals surface area contributed by atoms with Crippen LogP contribution in [-0.4, -0.2) is 43.2 Å². The van der Waals surface area contributed by atoms with Crippen LogP contribution in [0.4, 0.5) is 0 Å². The molecule has 0 saturated heterocycles. The van der Waals surface area contributed by atoms with Crippen LogP contribution < -0.4 is 0 Å². The maximum absolute atomic E-state index is 13.6. The molecule has 1 atom stereocenters. The van der Waals surface area contributed by atoms with Gasteiger partial charge in [0.05, 0.1) is 10.9 Å². The molecule has 2 aromatic carbocycles. The van der Waals surface area contributed by atoms with E-state index in [2.05, 4.69) is 11.4 Å². The highest BCUT2D eigenvalue weighted by molar-refractivity contribution is 7.89. The molecule has 1 amide bonds. The Morgan fingerprint density at radius 2 is 1.81 bits per heavy atom. The molecule has 0 spiro atoms. The van der Waals surface area contributed by atoms with Gasteiger partial charge in [-0.15, -0.1) is 11.3 Å². The minimum atomic E-state index is -3.63. The fourth-order valence-electron chi connectivity index (χ4n) is 4.20. The summed E-state index contributed by atoms with van der Waals surface area (Å²) in [7, 11) is -3.63. The first-order chi connectivity index (χ1) is 15.0. The average Bonchev–Trinajstić information content (AvgIpc) is 3.28. The van der Waals surface area contributed by atoms with Gasteiger partial charge in [0.1, 0.15) is 0 Å². The predicted molar refractivity (Wildman–Crippen MR) is 124 cm³/mol. The van der Waals surface area contributed by atoms with Crippen LogP contribution in [0.5, 0.6) is 0 Å². The largest absolute Gasteiger partial charge is 0.327 e. The third-order valence-electron chi connectivity index (χ3n) is 5.77. The van der Waals surface area contributed by atoms with Crippen molar-refractivity contribution in [3.8, 4) is 0 Å². The fourth-order valence-corrected chi connectivity index (χ4v) is 6.61. The Bertz CT molecular complexity index is 1170. The highest BCUT2D eigenvalue weighted by Gasteiger charge is 2.33. The second kappa shape index (κ2) is 8.94. The molecule has 0 N–H and O–H groups in total. The summed E-state index contributed by atoms with van der Waals surface area (Å²) in [4.78, 5) is 17.0. The van der Waals surface area contributed by atoms with Gasteiger partial charge in [-0.25, -0.2) is 8.42 Å². The topological polar surface area (TPSA) is 57.7 Å². The van der Waals surface area contributed by atoms with Gasteiger partial charge in [0.15, 0.2) is 0 Å². The molecule has 7 heteroatoms. The molecule has 3 aromatic rings. The highest BCUT2D eigenvalue weighted by Crippen LogP contribution is 2.38. The molecule has 1 aliphatic heterocycles. The van der Waals surface area contributed by atoms with E-state index >= 15 is 0 Å². The van der Waals surface area contributed by atoms with Crippen molar-refractivity contribution in [2.45, 2.75) is 31.2 Å². The molecule has 4 rings (SSSR count). The van der Waals surface area contributed by atoms with E-state index in [-0.39, 0.29) is 16.8 Å². The van der Waals surface area contributed by atoms with E-state index < -0.39 is 10.0 Å². The van der Waals surface area contributed by atoms with Crippen LogP contribution in [0.2, 0.25) is 0 Å². The smallest absolute Gasteiger partial charge is 0.254 e. The number of fused-ring (bicyclic) bond motifs is 1. The van der Waals surface area contributed by atoms with E-state index in [1.807, 2.05) is 49.1 Å². The van der Waals surface area contributed by atoms with Gasteiger partial charge in [-0.2, -0.15) is 4.31 Å². The first-order valence-corrected chi connectivity index (χ1v) is 12.8. The van der Waals surface area contributed by atoms with Crippen molar-refractivity contribution < 1.29 is 13.2 Å². The van der Waals surface area contributed by atoms with Crippen LogP contribution in [0.3, 0.4) is 0 Å². The van der Waals surface area contributed by atoms with E-state index in [0.717, 1.165) is 17.5 Å². The monoisotopic (exact) mass is 454 g/mol. The summed E-state index contributed by atoms with van der Waals surface area (Å²) in [5.74, 6) is -0.151. The minimum Gasteiger partial charge on any atom is -0.327 e. The lowest BCUT2D eigenvalue weighted by atomic mass is 9.92. The Kier molecular flexibility index (Phi) is 6.27. The number of hydrogen-bond acceptors (Lipinski definition) is 4. The van der Waals surface area contributed by atoms with Gasteiger partial charge in [-0.05, 0) is 47.2 Å². The van der Waals surface area contributed by atoms with Crippen molar-refractivity contribution in [1.82, 2.24) is 9.21 Å². The number of nitrogens with zero attached hydrogens (tertiary/aromatic N) is 2. The lowest BCUT2D eigenvalue weighted by molar-refractivity contribution is 0.0696. The molecule has 162 valence electrons. The minimum absolute atomic E-state index is 0.151. The number of sulfonamides is 1. The van der Waals surface area contributed by atoms with Crippen molar-refractivity contribution in [2.75, 3.05) is 19.6 Å². The molecule has 31 heavy (non-hydrogen) atoms. The van der Waals surface area contributed by atoms with Crippen LogP contribution in [0.25, 0.3) is 0 Å². The van der Waals surface area contributed by atoms with E-state index in [0.29, 0.717) is 25.2 Å². The Morgan fingerprint density at radius 1 is 1.06 bits per heavy atom. The Morgan fingerprint density at radius 3 is 2.52 bits per heavy atom. The van der Waals surface area contributed by atoms with Crippen molar-refractivity contribution >= 4 is 27.3 Å². The first-order valence-electron chi connectivity index (χ1n) is 10.5. The molecule has 1 aromatic heterocycles. The Labute approximate surface area is 188 Å². The molecule has 0 unspecified atom stereocenters. The van der Waals surface area contributed by atoms with Gasteiger partial charge in [-0.3, -0.25) is 4.79 Å². The van der Waals surface area contributed by atoms with E-state index in [4.69, 9.17) is 0 Å². The number of amides is 1. The van der Waals surface area contributed by atoms with Crippen molar-refractivity contribution in [3.05, 3.63) is 87.6 Å². The number of benzene rings is 2. The first kappa shape index (κ1) is 21.7. The van der Waals surface area contributed by atoms with E-state index in [1.54, 1.807) is 29.5 Å². The summed E-state index contributed by atoms with van der Waals surface area (Å²) < 4.78 is 27.3. The van der Waals surface area contributed by atoms with Crippen LogP contribution in [0.1, 0.15) is 46.3 Å².